The summed E-state index contributed by atoms with van der Waals surface area (Å²) >= 11 is 9.60. The molecule has 2 rings (SSSR count). The highest BCUT2D eigenvalue weighted by atomic mass is 79.9. The lowest BCUT2D eigenvalue weighted by Crippen LogP contribution is -2.22. The first kappa shape index (κ1) is 15.3. The second-order valence-electron chi connectivity index (χ2n) is 4.02. The molecule has 0 aromatic heterocycles. The van der Waals surface area contributed by atoms with E-state index in [2.05, 4.69) is 15.9 Å². The zero-order chi connectivity index (χ0) is 14.9. The van der Waals surface area contributed by atoms with Gasteiger partial charge in [-0.3, -0.25) is 9.69 Å². The molecule has 0 bridgehead atoms. The molecule has 4 nitrogen and oxygen atoms in total. The van der Waals surface area contributed by atoms with E-state index in [4.69, 9.17) is 17.0 Å². The smallest absolute Gasteiger partial charge is 0.265 e. The number of aromatic hydroxyl groups is 1. The molecule has 0 radical (unpaired) electrons. The molecular weight excluding hydrogens is 362 g/mol. The highest BCUT2D eigenvalue weighted by Crippen LogP contribution is 2.38. The molecule has 1 amide bonds. The van der Waals surface area contributed by atoms with Crippen LogP contribution in [0.25, 0.3) is 6.08 Å². The fraction of sp³-hybridized carbons (Fsp3) is 0.231. The molecular formula is C13H12BrNO3S2. The van der Waals surface area contributed by atoms with Gasteiger partial charge in [-0.1, -0.05) is 24.0 Å². The highest BCUT2D eigenvalue weighted by molar-refractivity contribution is 9.10. The van der Waals surface area contributed by atoms with Gasteiger partial charge in [0.1, 0.15) is 4.32 Å². The largest absolute Gasteiger partial charge is 0.503 e. The number of hydrogen-bond acceptors (Lipinski definition) is 5. The SMILES string of the molecule is CCOc1cc(/C=C2\SC(=S)N(C)C2=O)cc(Br)c1O. The molecule has 106 valence electrons. The lowest BCUT2D eigenvalue weighted by molar-refractivity contribution is -0.121. The minimum absolute atomic E-state index is 0.0482. The van der Waals surface area contributed by atoms with Crippen molar-refractivity contribution >= 4 is 56.2 Å². The van der Waals surface area contributed by atoms with Crippen LogP contribution in [0.15, 0.2) is 21.5 Å². The summed E-state index contributed by atoms with van der Waals surface area (Å²) in [4.78, 5) is 13.9. The Bertz CT molecular complexity index is 616. The van der Waals surface area contributed by atoms with E-state index in [-0.39, 0.29) is 11.7 Å². The standard InChI is InChI=1S/C13H12BrNO3S2/c1-3-18-9-5-7(4-8(14)11(9)16)6-10-12(17)15(2)13(19)20-10/h4-6,16H,3H2,1-2H3/b10-6-. The number of rotatable bonds is 3. The zero-order valence-electron chi connectivity index (χ0n) is 10.8. The van der Waals surface area contributed by atoms with Crippen molar-refractivity contribution in [3.63, 3.8) is 0 Å². The Morgan fingerprint density at radius 1 is 1.55 bits per heavy atom. The van der Waals surface area contributed by atoms with Gasteiger partial charge in [0.25, 0.3) is 5.91 Å². The van der Waals surface area contributed by atoms with Gasteiger partial charge in [-0.05, 0) is 46.6 Å². The topological polar surface area (TPSA) is 49.8 Å². The van der Waals surface area contributed by atoms with E-state index in [1.807, 2.05) is 6.92 Å². The van der Waals surface area contributed by atoms with Gasteiger partial charge >= 0.3 is 0 Å². The van der Waals surface area contributed by atoms with E-state index in [9.17, 15) is 9.90 Å². The van der Waals surface area contributed by atoms with Crippen molar-refractivity contribution in [2.75, 3.05) is 13.7 Å². The maximum absolute atomic E-state index is 11.9. The molecule has 20 heavy (non-hydrogen) atoms. The monoisotopic (exact) mass is 373 g/mol. The van der Waals surface area contributed by atoms with Crippen LogP contribution in [-0.2, 0) is 4.79 Å². The second-order valence-corrected chi connectivity index (χ2v) is 6.55. The molecule has 1 saturated heterocycles. The highest BCUT2D eigenvalue weighted by Gasteiger charge is 2.28. The summed E-state index contributed by atoms with van der Waals surface area (Å²) in [6, 6.07) is 3.41. The molecule has 1 aromatic carbocycles. The fourth-order valence-corrected chi connectivity index (χ4v) is 3.28. The number of phenolic OH excluding ortho intramolecular Hbond substituents is 1. The van der Waals surface area contributed by atoms with Crippen molar-refractivity contribution in [3.05, 3.63) is 27.1 Å². The Balaban J connectivity index is 2.39. The van der Waals surface area contributed by atoms with Crippen LogP contribution in [0.5, 0.6) is 11.5 Å². The molecule has 1 aliphatic heterocycles. The van der Waals surface area contributed by atoms with E-state index >= 15 is 0 Å². The van der Waals surface area contributed by atoms with E-state index in [0.29, 0.717) is 26.1 Å². The number of nitrogens with zero attached hydrogens (tertiary/aromatic N) is 1. The van der Waals surface area contributed by atoms with Gasteiger partial charge in [-0.2, -0.15) is 0 Å². The first-order valence-corrected chi connectivity index (χ1v) is 7.82. The third kappa shape index (κ3) is 2.99. The van der Waals surface area contributed by atoms with Crippen LogP contribution in [0.4, 0.5) is 0 Å². The van der Waals surface area contributed by atoms with E-state index < -0.39 is 0 Å². The van der Waals surface area contributed by atoms with Gasteiger partial charge in [0.15, 0.2) is 11.5 Å². The summed E-state index contributed by atoms with van der Waals surface area (Å²) in [6.07, 6.45) is 1.73. The number of carbonyl (C=O) groups is 1. The number of amides is 1. The van der Waals surface area contributed by atoms with Crippen molar-refractivity contribution in [2.45, 2.75) is 6.92 Å². The maximum atomic E-state index is 11.9. The van der Waals surface area contributed by atoms with E-state index in [1.54, 1.807) is 25.3 Å². The molecule has 0 aliphatic carbocycles. The second kappa shape index (κ2) is 6.15. The predicted octanol–water partition coefficient (Wildman–Crippen LogP) is 3.38. The lowest BCUT2D eigenvalue weighted by atomic mass is 10.2. The molecule has 0 unspecified atom stereocenters. The van der Waals surface area contributed by atoms with Crippen molar-refractivity contribution in [2.24, 2.45) is 0 Å². The lowest BCUT2D eigenvalue weighted by Gasteiger charge is -2.09. The Morgan fingerprint density at radius 3 is 2.80 bits per heavy atom. The zero-order valence-corrected chi connectivity index (χ0v) is 14.1. The number of thiocarbonyl (C=S) groups is 1. The van der Waals surface area contributed by atoms with E-state index in [0.717, 1.165) is 5.56 Å². The Hall–Kier alpha value is -1.05. The summed E-state index contributed by atoms with van der Waals surface area (Å²) in [7, 11) is 1.65. The molecule has 0 spiro atoms. The average molecular weight is 374 g/mol. The maximum Gasteiger partial charge on any atom is 0.265 e. The average Bonchev–Trinajstić information content (AvgIpc) is 2.63. The number of likely N-dealkylation sites (N-methyl/N-ethyl adjacent to an activating group) is 1. The summed E-state index contributed by atoms with van der Waals surface area (Å²) in [5, 5.41) is 9.86. The Labute approximate surface area is 134 Å². The van der Waals surface area contributed by atoms with Gasteiger partial charge in [0.05, 0.1) is 16.0 Å². The number of benzene rings is 1. The minimum Gasteiger partial charge on any atom is -0.503 e. The first-order chi connectivity index (χ1) is 9.43. The van der Waals surface area contributed by atoms with Gasteiger partial charge < -0.3 is 9.84 Å². The number of halogens is 1. The summed E-state index contributed by atoms with van der Waals surface area (Å²) in [5.41, 5.74) is 0.757. The third-order valence-corrected chi connectivity index (χ3v) is 4.72. The summed E-state index contributed by atoms with van der Waals surface area (Å²) in [6.45, 7) is 2.28. The van der Waals surface area contributed by atoms with Crippen LogP contribution < -0.4 is 4.74 Å². The van der Waals surface area contributed by atoms with Gasteiger partial charge in [0.2, 0.25) is 0 Å². The van der Waals surface area contributed by atoms with Gasteiger partial charge in [0, 0.05) is 7.05 Å². The van der Waals surface area contributed by atoms with Crippen molar-refractivity contribution in [1.29, 1.82) is 0 Å². The fourth-order valence-electron chi connectivity index (χ4n) is 1.64. The number of carbonyl (C=O) groups excluding carboxylic acids is 1. The summed E-state index contributed by atoms with van der Waals surface area (Å²) in [5.74, 6) is 0.300. The van der Waals surface area contributed by atoms with Crippen LogP contribution >= 0.6 is 39.9 Å². The van der Waals surface area contributed by atoms with Gasteiger partial charge in [-0.15, -0.1) is 0 Å². The quantitative estimate of drug-likeness (QED) is 0.649. The van der Waals surface area contributed by atoms with Crippen LogP contribution in [0.2, 0.25) is 0 Å². The number of thioether (sulfide) groups is 1. The molecule has 1 fully saturated rings. The van der Waals surface area contributed by atoms with Crippen LogP contribution in [0.1, 0.15) is 12.5 Å². The first-order valence-electron chi connectivity index (χ1n) is 5.81. The predicted molar refractivity (Wildman–Crippen MR) is 87.9 cm³/mol. The minimum atomic E-state index is -0.123. The summed E-state index contributed by atoms with van der Waals surface area (Å²) < 4.78 is 6.40. The number of ether oxygens (including phenoxy) is 1. The molecule has 1 heterocycles. The Kier molecular flexibility index (Phi) is 4.72. The number of hydrogen-bond donors (Lipinski definition) is 1. The molecule has 0 atom stereocenters. The number of phenols is 1. The van der Waals surface area contributed by atoms with Crippen LogP contribution in [0, 0.1) is 0 Å². The molecule has 1 aromatic rings. The molecule has 0 saturated carbocycles. The Morgan fingerprint density at radius 2 is 2.25 bits per heavy atom. The third-order valence-electron chi connectivity index (χ3n) is 2.63. The molecule has 1 aliphatic rings. The van der Waals surface area contributed by atoms with Crippen LogP contribution in [0.3, 0.4) is 0 Å². The van der Waals surface area contributed by atoms with E-state index in [1.165, 1.54) is 16.7 Å². The normalized spacial score (nSPS) is 17.1. The van der Waals surface area contributed by atoms with Crippen molar-refractivity contribution < 1.29 is 14.6 Å². The van der Waals surface area contributed by atoms with Crippen molar-refractivity contribution in [3.8, 4) is 11.5 Å². The molecule has 1 N–H and O–H groups in total. The van der Waals surface area contributed by atoms with Crippen molar-refractivity contribution in [1.82, 2.24) is 4.90 Å². The molecule has 7 heteroatoms. The van der Waals surface area contributed by atoms with Gasteiger partial charge in [-0.25, -0.2) is 0 Å². The van der Waals surface area contributed by atoms with Crippen LogP contribution in [-0.4, -0.2) is 33.9 Å².